The summed E-state index contributed by atoms with van der Waals surface area (Å²) in [5.74, 6) is 0. The van der Waals surface area contributed by atoms with Gasteiger partial charge < -0.3 is 9.32 Å². The molecule has 0 unspecified atom stereocenters. The molecule has 0 fully saturated rings. The van der Waals surface area contributed by atoms with Crippen LogP contribution in [0.1, 0.15) is 0 Å². The van der Waals surface area contributed by atoms with Crippen LogP contribution in [0.5, 0.6) is 0 Å². The Balaban J connectivity index is 1.08. The van der Waals surface area contributed by atoms with Crippen LogP contribution in [0.3, 0.4) is 0 Å². The molecule has 0 amide bonds. The van der Waals surface area contributed by atoms with E-state index in [1.54, 1.807) is 0 Å². The molecular formula is C54H35NO. The fourth-order valence-corrected chi connectivity index (χ4v) is 8.63. The van der Waals surface area contributed by atoms with Gasteiger partial charge in [-0.2, -0.15) is 0 Å². The van der Waals surface area contributed by atoms with E-state index in [0.29, 0.717) is 0 Å². The molecule has 0 aliphatic carbocycles. The third-order valence-corrected chi connectivity index (χ3v) is 11.3. The van der Waals surface area contributed by atoms with E-state index in [9.17, 15) is 0 Å². The third-order valence-electron chi connectivity index (χ3n) is 11.3. The monoisotopic (exact) mass is 713 g/mol. The second-order valence-electron chi connectivity index (χ2n) is 14.4. The van der Waals surface area contributed by atoms with Crippen LogP contribution < -0.4 is 4.90 Å². The Bertz CT molecular complexity index is 3240. The van der Waals surface area contributed by atoms with Crippen LogP contribution in [0.25, 0.3) is 87.6 Å². The fraction of sp³-hybridized carbons (Fsp3) is 0. The Morgan fingerprint density at radius 2 is 0.821 bits per heavy atom. The predicted octanol–water partition coefficient (Wildman–Crippen LogP) is 15.5. The predicted molar refractivity (Wildman–Crippen MR) is 237 cm³/mol. The Morgan fingerprint density at radius 3 is 1.61 bits per heavy atom. The largest absolute Gasteiger partial charge is 0.455 e. The molecule has 262 valence electrons. The van der Waals surface area contributed by atoms with Crippen LogP contribution in [-0.4, -0.2) is 0 Å². The van der Waals surface area contributed by atoms with E-state index in [1.807, 2.05) is 6.07 Å². The van der Waals surface area contributed by atoms with Crippen LogP contribution in [0.2, 0.25) is 0 Å². The summed E-state index contributed by atoms with van der Waals surface area (Å²) in [4.78, 5) is 2.38. The van der Waals surface area contributed by atoms with Gasteiger partial charge in [-0.15, -0.1) is 0 Å². The number of para-hydroxylation sites is 3. The molecule has 0 atom stereocenters. The van der Waals surface area contributed by atoms with Crippen molar-refractivity contribution in [2.24, 2.45) is 0 Å². The summed E-state index contributed by atoms with van der Waals surface area (Å²) in [5, 5.41) is 9.77. The molecule has 11 aromatic rings. The second-order valence-corrected chi connectivity index (χ2v) is 14.4. The maximum absolute atomic E-state index is 6.60. The van der Waals surface area contributed by atoms with Gasteiger partial charge >= 0.3 is 0 Å². The number of rotatable bonds is 6. The van der Waals surface area contributed by atoms with Crippen LogP contribution in [0, 0.1) is 0 Å². The maximum atomic E-state index is 6.60. The van der Waals surface area contributed by atoms with E-state index in [1.165, 1.54) is 54.6 Å². The summed E-state index contributed by atoms with van der Waals surface area (Å²) in [6.45, 7) is 0. The zero-order chi connectivity index (χ0) is 37.0. The fourth-order valence-electron chi connectivity index (χ4n) is 8.63. The van der Waals surface area contributed by atoms with Gasteiger partial charge in [0.2, 0.25) is 0 Å². The molecule has 0 spiro atoms. The average Bonchev–Trinajstić information content (AvgIpc) is 3.66. The average molecular weight is 714 g/mol. The molecule has 0 saturated heterocycles. The van der Waals surface area contributed by atoms with Crippen molar-refractivity contribution in [1.82, 2.24) is 0 Å². The zero-order valence-corrected chi connectivity index (χ0v) is 30.6. The third kappa shape index (κ3) is 5.26. The molecule has 0 radical (unpaired) electrons. The first kappa shape index (κ1) is 32.0. The van der Waals surface area contributed by atoms with Crippen LogP contribution in [0.15, 0.2) is 217 Å². The maximum Gasteiger partial charge on any atom is 0.143 e. The van der Waals surface area contributed by atoms with Gasteiger partial charge in [0.1, 0.15) is 11.2 Å². The number of fused-ring (bicyclic) bond motifs is 7. The van der Waals surface area contributed by atoms with E-state index < -0.39 is 0 Å². The van der Waals surface area contributed by atoms with Gasteiger partial charge in [-0.05, 0) is 97.0 Å². The summed E-state index contributed by atoms with van der Waals surface area (Å²) < 4.78 is 6.60. The summed E-state index contributed by atoms with van der Waals surface area (Å²) in [6.07, 6.45) is 0. The molecule has 10 aromatic carbocycles. The zero-order valence-electron chi connectivity index (χ0n) is 30.6. The molecule has 1 aromatic heterocycles. The Kier molecular flexibility index (Phi) is 7.53. The minimum Gasteiger partial charge on any atom is -0.455 e. The van der Waals surface area contributed by atoms with E-state index in [4.69, 9.17) is 4.42 Å². The lowest BCUT2D eigenvalue weighted by molar-refractivity contribution is 0.670. The molecule has 0 aliphatic heterocycles. The van der Waals surface area contributed by atoms with Crippen molar-refractivity contribution in [3.8, 4) is 33.4 Å². The van der Waals surface area contributed by atoms with Gasteiger partial charge in [-0.3, -0.25) is 0 Å². The summed E-state index contributed by atoms with van der Waals surface area (Å²) >= 11 is 0. The SMILES string of the molecule is c1ccc(N(c2ccc(-c3cccc4ccccc34)cc2)c2ccc(-c3cc4ccccc4c4ccccc34)cc2)c(-c2cccc3c2oc2ccccc23)c1. The summed E-state index contributed by atoms with van der Waals surface area (Å²) in [6, 6.07) is 76.4. The van der Waals surface area contributed by atoms with Crippen LogP contribution >= 0.6 is 0 Å². The van der Waals surface area contributed by atoms with Gasteiger partial charge in [0.15, 0.2) is 0 Å². The minimum atomic E-state index is 0.894. The second kappa shape index (κ2) is 13.2. The highest BCUT2D eigenvalue weighted by Gasteiger charge is 2.21. The lowest BCUT2D eigenvalue weighted by Gasteiger charge is -2.28. The van der Waals surface area contributed by atoms with E-state index in [-0.39, 0.29) is 0 Å². The van der Waals surface area contributed by atoms with Gasteiger partial charge in [-0.25, -0.2) is 0 Å². The summed E-state index contributed by atoms with van der Waals surface area (Å²) in [7, 11) is 0. The highest BCUT2D eigenvalue weighted by atomic mass is 16.3. The molecule has 0 saturated carbocycles. The van der Waals surface area contributed by atoms with Crippen molar-refractivity contribution in [3.05, 3.63) is 212 Å². The molecule has 2 heteroatoms. The Hall–Kier alpha value is -7.42. The minimum absolute atomic E-state index is 0.894. The number of hydrogen-bond donors (Lipinski definition) is 0. The smallest absolute Gasteiger partial charge is 0.143 e. The lowest BCUT2D eigenvalue weighted by Crippen LogP contribution is -2.11. The number of nitrogens with zero attached hydrogens (tertiary/aromatic N) is 1. The van der Waals surface area contributed by atoms with E-state index in [0.717, 1.165) is 50.1 Å². The van der Waals surface area contributed by atoms with Crippen LogP contribution in [0.4, 0.5) is 17.1 Å². The standard InChI is InChI=1S/C54H35NO/c1-3-16-42-36(13-1)15-11-22-43(42)37-27-31-40(32-28-37)55(52-25-9-7-20-47(52)49-23-12-24-50-48-21-8-10-26-53(48)56-54(49)50)41-33-29-38(30-34-41)51-35-39-14-2-4-17-44(39)45-18-5-6-19-46(45)51/h1-35H. The molecule has 0 bridgehead atoms. The van der Waals surface area contributed by atoms with Crippen molar-refractivity contribution in [1.29, 1.82) is 0 Å². The number of benzene rings is 10. The van der Waals surface area contributed by atoms with Crippen molar-refractivity contribution >= 4 is 71.3 Å². The highest BCUT2D eigenvalue weighted by molar-refractivity contribution is 6.14. The Labute approximate surface area is 325 Å². The molecule has 56 heavy (non-hydrogen) atoms. The molecular weight excluding hydrogens is 679 g/mol. The van der Waals surface area contributed by atoms with Crippen molar-refractivity contribution in [2.45, 2.75) is 0 Å². The van der Waals surface area contributed by atoms with Crippen LogP contribution in [-0.2, 0) is 0 Å². The molecule has 11 rings (SSSR count). The number of hydrogen-bond acceptors (Lipinski definition) is 2. The quantitative estimate of drug-likeness (QED) is 0.160. The molecule has 1 heterocycles. The molecule has 2 nitrogen and oxygen atoms in total. The van der Waals surface area contributed by atoms with Gasteiger partial charge in [0.25, 0.3) is 0 Å². The van der Waals surface area contributed by atoms with Gasteiger partial charge in [-0.1, -0.05) is 170 Å². The van der Waals surface area contributed by atoms with Gasteiger partial charge in [0.05, 0.1) is 5.69 Å². The Morgan fingerprint density at radius 1 is 0.304 bits per heavy atom. The van der Waals surface area contributed by atoms with Gasteiger partial charge in [0, 0.05) is 33.3 Å². The topological polar surface area (TPSA) is 16.4 Å². The van der Waals surface area contributed by atoms with E-state index >= 15 is 0 Å². The normalized spacial score (nSPS) is 11.6. The first-order valence-electron chi connectivity index (χ1n) is 19.2. The molecule has 0 aliphatic rings. The van der Waals surface area contributed by atoms with Crippen molar-refractivity contribution < 1.29 is 4.42 Å². The molecule has 0 N–H and O–H groups in total. The highest BCUT2D eigenvalue weighted by Crippen LogP contribution is 2.45. The van der Waals surface area contributed by atoms with Crippen molar-refractivity contribution in [2.75, 3.05) is 4.90 Å². The number of furan rings is 1. The summed E-state index contributed by atoms with van der Waals surface area (Å²) in [5.41, 5.74) is 12.0. The first-order chi connectivity index (χ1) is 27.8. The van der Waals surface area contributed by atoms with E-state index in [2.05, 4.69) is 211 Å². The first-order valence-corrected chi connectivity index (χ1v) is 19.2. The number of anilines is 3. The lowest BCUT2D eigenvalue weighted by atomic mass is 9.93. The van der Waals surface area contributed by atoms with Crippen molar-refractivity contribution in [3.63, 3.8) is 0 Å².